The van der Waals surface area contributed by atoms with E-state index in [0.717, 1.165) is 29.7 Å². The van der Waals surface area contributed by atoms with Crippen LogP contribution in [0.15, 0.2) is 36.4 Å². The second kappa shape index (κ2) is 16.0. The van der Waals surface area contributed by atoms with Crippen LogP contribution in [0.25, 0.3) is 0 Å². The van der Waals surface area contributed by atoms with Crippen LogP contribution in [0.2, 0.25) is 0 Å². The first-order valence-corrected chi connectivity index (χ1v) is 13.6. The molecule has 11 heteroatoms. The van der Waals surface area contributed by atoms with Gasteiger partial charge in [-0.25, -0.2) is 14.2 Å². The van der Waals surface area contributed by atoms with Crippen molar-refractivity contribution in [3.8, 4) is 0 Å². The van der Waals surface area contributed by atoms with Crippen molar-refractivity contribution in [3.63, 3.8) is 0 Å². The molecule has 1 heterocycles. The average molecular weight is 560 g/mol. The number of carbonyl (C=O) groups is 3. The number of ether oxygens (including phenoxy) is 3. The van der Waals surface area contributed by atoms with Crippen molar-refractivity contribution >= 4 is 18.3 Å². The smallest absolute Gasteiger partial charge is 0.329 e. The number of hydrogen-bond acceptors (Lipinski definition) is 7. The molecule has 0 saturated heterocycles. The number of rotatable bonds is 20. The molecule has 10 nitrogen and oxygen atoms in total. The minimum Gasteiger partial charge on any atom is -0.480 e. The Morgan fingerprint density at radius 3 is 2.27 bits per heavy atom. The van der Waals surface area contributed by atoms with E-state index in [-0.39, 0.29) is 37.6 Å². The second-order valence-electron chi connectivity index (χ2n) is 9.66. The first-order valence-electron chi connectivity index (χ1n) is 13.6. The second-order valence-corrected chi connectivity index (χ2v) is 9.66. The Hall–Kier alpha value is -3.41. The summed E-state index contributed by atoms with van der Waals surface area (Å²) in [4.78, 5) is 40.2. The lowest BCUT2D eigenvalue weighted by Crippen LogP contribution is -2.55. The number of pyridine rings is 1. The predicted octanol–water partition coefficient (Wildman–Crippen LogP) is 2.84. The van der Waals surface area contributed by atoms with Gasteiger partial charge in [0, 0.05) is 31.7 Å². The van der Waals surface area contributed by atoms with E-state index in [1.807, 2.05) is 6.07 Å². The van der Waals surface area contributed by atoms with Crippen molar-refractivity contribution in [2.24, 2.45) is 0 Å². The Labute approximate surface area is 233 Å². The highest BCUT2D eigenvalue weighted by Gasteiger charge is 2.39. The van der Waals surface area contributed by atoms with Gasteiger partial charge in [0.15, 0.2) is 0 Å². The third-order valence-corrected chi connectivity index (χ3v) is 6.80. The number of carboxylic acid groups (broad SMARTS) is 1. The van der Waals surface area contributed by atoms with Crippen LogP contribution < -0.4 is 10.6 Å². The van der Waals surface area contributed by atoms with Gasteiger partial charge in [-0.15, -0.1) is 0 Å². The Morgan fingerprint density at radius 2 is 1.68 bits per heavy atom. The van der Waals surface area contributed by atoms with Crippen molar-refractivity contribution in [2.45, 2.75) is 50.5 Å². The van der Waals surface area contributed by atoms with E-state index in [2.05, 4.69) is 15.6 Å². The van der Waals surface area contributed by atoms with Gasteiger partial charge < -0.3 is 30.0 Å². The van der Waals surface area contributed by atoms with E-state index < -0.39 is 17.4 Å². The maximum absolute atomic E-state index is 13.4. The summed E-state index contributed by atoms with van der Waals surface area (Å²) in [5, 5.41) is 15.2. The summed E-state index contributed by atoms with van der Waals surface area (Å²) in [6.45, 7) is 3.96. The molecular weight excluding hydrogens is 521 g/mol. The van der Waals surface area contributed by atoms with E-state index >= 15 is 0 Å². The number of nitrogens with one attached hydrogen (secondary N) is 2. The fraction of sp³-hybridized carbons (Fsp3) is 0.517. The van der Waals surface area contributed by atoms with Gasteiger partial charge in [-0.1, -0.05) is 25.1 Å². The molecule has 1 aromatic heterocycles. The number of hydrogen-bond donors (Lipinski definition) is 3. The molecular formula is C29H38FN3O7. The topological polar surface area (TPSA) is 136 Å². The Balaban J connectivity index is 1.52. The Bertz CT molecular complexity index is 1110. The zero-order valence-electron chi connectivity index (χ0n) is 22.8. The number of aliphatic carboxylic acids is 1. The summed E-state index contributed by atoms with van der Waals surface area (Å²) in [5.74, 6) is -1.64. The van der Waals surface area contributed by atoms with Crippen LogP contribution in [-0.4, -0.2) is 80.1 Å². The molecule has 0 spiro atoms. The fourth-order valence-electron chi connectivity index (χ4n) is 4.24. The van der Waals surface area contributed by atoms with Crippen molar-refractivity contribution in [3.05, 3.63) is 64.7 Å². The molecule has 0 radical (unpaired) electrons. The van der Waals surface area contributed by atoms with Gasteiger partial charge >= 0.3 is 5.97 Å². The molecule has 1 aromatic carbocycles. The zero-order valence-corrected chi connectivity index (χ0v) is 22.8. The highest BCUT2D eigenvalue weighted by Crippen LogP contribution is 2.41. The molecule has 40 heavy (non-hydrogen) atoms. The molecule has 0 aliphatic heterocycles. The monoisotopic (exact) mass is 559 g/mol. The molecule has 2 aromatic rings. The molecule has 0 bridgehead atoms. The first-order chi connectivity index (χ1) is 19.4. The summed E-state index contributed by atoms with van der Waals surface area (Å²) in [6, 6.07) is 9.71. The summed E-state index contributed by atoms with van der Waals surface area (Å²) in [6.07, 6.45) is 3.40. The van der Waals surface area contributed by atoms with Gasteiger partial charge in [-0.3, -0.25) is 9.59 Å². The average Bonchev–Trinajstić information content (AvgIpc) is 3.79. The summed E-state index contributed by atoms with van der Waals surface area (Å²) in [7, 11) is 0. The Kier molecular flexibility index (Phi) is 12.4. The van der Waals surface area contributed by atoms with E-state index in [0.29, 0.717) is 51.7 Å². The molecule has 1 aliphatic rings. The number of amides is 2. The van der Waals surface area contributed by atoms with Gasteiger partial charge in [0.2, 0.25) is 6.41 Å². The maximum Gasteiger partial charge on any atom is 0.329 e. The molecule has 1 unspecified atom stereocenters. The van der Waals surface area contributed by atoms with Crippen molar-refractivity contribution in [1.82, 2.24) is 15.6 Å². The summed E-state index contributed by atoms with van der Waals surface area (Å²) < 4.78 is 29.6. The lowest BCUT2D eigenvalue weighted by atomic mass is 9.92. The van der Waals surface area contributed by atoms with Crippen molar-refractivity contribution in [2.75, 3.05) is 46.2 Å². The Morgan fingerprint density at radius 1 is 1.02 bits per heavy atom. The number of aromatic nitrogens is 1. The molecule has 1 aliphatic carbocycles. The molecule has 3 rings (SSSR count). The van der Waals surface area contributed by atoms with E-state index in [4.69, 9.17) is 14.2 Å². The molecule has 218 valence electrons. The molecule has 3 N–H and O–H groups in total. The van der Waals surface area contributed by atoms with E-state index in [1.165, 1.54) is 12.1 Å². The van der Waals surface area contributed by atoms with Gasteiger partial charge in [-0.05, 0) is 54.5 Å². The minimum absolute atomic E-state index is 0.0695. The third kappa shape index (κ3) is 9.65. The first kappa shape index (κ1) is 31.1. The van der Waals surface area contributed by atoms with E-state index in [1.54, 1.807) is 25.1 Å². The third-order valence-electron chi connectivity index (χ3n) is 6.80. The normalized spacial score (nSPS) is 14.3. The summed E-state index contributed by atoms with van der Waals surface area (Å²) in [5.41, 5.74) is 1.31. The number of nitrogens with zero attached hydrogens (tertiary/aromatic N) is 1. The van der Waals surface area contributed by atoms with Crippen molar-refractivity contribution < 1.29 is 38.1 Å². The van der Waals surface area contributed by atoms with Gasteiger partial charge in [-0.2, -0.15) is 0 Å². The number of halogens is 1. The van der Waals surface area contributed by atoms with Gasteiger partial charge in [0.1, 0.15) is 17.1 Å². The SMILES string of the molecule is CCC(CCOCCOCCOCCNC=O)(NC(=O)c1ccc(C2CC2)c(Cc2ccc(F)cc2)n1)C(=O)O. The highest BCUT2D eigenvalue weighted by atomic mass is 19.1. The van der Waals surface area contributed by atoms with Crippen LogP contribution in [0.5, 0.6) is 0 Å². The fourth-order valence-corrected chi connectivity index (χ4v) is 4.24. The summed E-state index contributed by atoms with van der Waals surface area (Å²) >= 11 is 0. The number of benzene rings is 1. The number of carboxylic acids is 1. The van der Waals surface area contributed by atoms with E-state index in [9.17, 15) is 23.9 Å². The van der Waals surface area contributed by atoms with Crippen LogP contribution in [0.1, 0.15) is 65.8 Å². The van der Waals surface area contributed by atoms with Crippen molar-refractivity contribution in [1.29, 1.82) is 0 Å². The van der Waals surface area contributed by atoms with Crippen LogP contribution in [0.3, 0.4) is 0 Å². The van der Waals surface area contributed by atoms with Crippen LogP contribution in [0, 0.1) is 5.82 Å². The molecule has 2 amide bonds. The molecule has 1 fully saturated rings. The van der Waals surface area contributed by atoms with Gasteiger partial charge in [0.25, 0.3) is 5.91 Å². The van der Waals surface area contributed by atoms with Gasteiger partial charge in [0.05, 0.1) is 33.0 Å². The lowest BCUT2D eigenvalue weighted by Gasteiger charge is -2.29. The minimum atomic E-state index is -1.52. The molecule has 1 saturated carbocycles. The maximum atomic E-state index is 13.4. The van der Waals surface area contributed by atoms with Crippen LogP contribution in [0.4, 0.5) is 4.39 Å². The lowest BCUT2D eigenvalue weighted by molar-refractivity contribution is -0.145. The standard InChI is InChI=1S/C29H38FN3O7/c1-2-29(28(36)37,11-13-38-15-17-40-18-16-39-14-12-31-20-34)33-27(35)25-10-9-24(22-5-6-22)26(32-25)19-21-3-7-23(30)8-4-21/h3-4,7-10,20,22H,2,5-6,11-19H2,1H3,(H,31,34)(H,33,35)(H,36,37). The molecule has 1 atom stereocenters. The zero-order chi connectivity index (χ0) is 28.8. The van der Waals surface area contributed by atoms with Crippen LogP contribution in [-0.2, 0) is 30.2 Å². The number of carbonyl (C=O) groups excluding carboxylic acids is 2. The van der Waals surface area contributed by atoms with Crippen LogP contribution >= 0.6 is 0 Å². The predicted molar refractivity (Wildman–Crippen MR) is 145 cm³/mol. The largest absolute Gasteiger partial charge is 0.480 e. The quantitative estimate of drug-likeness (QED) is 0.166. The highest BCUT2D eigenvalue weighted by molar-refractivity contribution is 5.96.